The number of rotatable bonds is 9. The summed E-state index contributed by atoms with van der Waals surface area (Å²) in [6.45, 7) is 7.89. The SMILES string of the molecule is C=CC(=O)N1CCn2nc(-c3nc(-c4ccc(C5(O)CN(C)C5)cc4)c4ccsc4c3-c3c(F)cc(F)cc3OCCOC)cc2[C@H]1C. The summed E-state index contributed by atoms with van der Waals surface area (Å²) in [5.74, 6) is -1.71. The number of fused-ring (bicyclic) bond motifs is 2. The normalized spacial score (nSPS) is 17.3. The Balaban J connectivity index is 1.44. The van der Waals surface area contributed by atoms with Crippen LogP contribution in [-0.2, 0) is 21.7 Å². The average Bonchev–Trinajstić information content (AvgIpc) is 3.72. The molecule has 0 spiro atoms. The molecule has 2 aromatic carbocycles. The quantitative estimate of drug-likeness (QED) is 0.151. The number of hydrogen-bond donors (Lipinski definition) is 1. The molecule has 0 bridgehead atoms. The van der Waals surface area contributed by atoms with Crippen LogP contribution in [-0.4, -0.2) is 82.6 Å². The summed E-state index contributed by atoms with van der Waals surface area (Å²) in [6.07, 6.45) is 1.30. The fourth-order valence-electron chi connectivity index (χ4n) is 6.81. The molecular formula is C36H35F2N5O4S. The van der Waals surface area contributed by atoms with Crippen LogP contribution < -0.4 is 4.74 Å². The fourth-order valence-corrected chi connectivity index (χ4v) is 7.76. The van der Waals surface area contributed by atoms with E-state index in [-0.39, 0.29) is 36.5 Å². The number of benzene rings is 2. The summed E-state index contributed by atoms with van der Waals surface area (Å²) in [5, 5.41) is 18.7. The Morgan fingerprint density at radius 1 is 1.10 bits per heavy atom. The third kappa shape index (κ3) is 5.48. The standard InChI is InChI=1S/C36H35F2N5O4S/c1-5-30(44)42-11-12-43-28(21(42)2)18-27(40-43)34-32(31-26(38)16-24(37)17-29(31)47-14-13-46-4)35-25(10-15-48-35)33(39-34)22-6-8-23(9-7-22)36(45)19-41(3)20-36/h5-10,15-18,21,45H,1,11-14,19-20H2,2-4H3/t21-/m1/s1. The van der Waals surface area contributed by atoms with Crippen LogP contribution in [0.2, 0.25) is 0 Å². The largest absolute Gasteiger partial charge is 0.490 e. The van der Waals surface area contributed by atoms with Crippen molar-refractivity contribution in [1.29, 1.82) is 0 Å². The van der Waals surface area contributed by atoms with E-state index >= 15 is 4.39 Å². The molecule has 248 valence electrons. The highest BCUT2D eigenvalue weighted by Gasteiger charge is 2.40. The average molecular weight is 672 g/mol. The van der Waals surface area contributed by atoms with Crippen LogP contribution in [0.1, 0.15) is 24.2 Å². The molecular weight excluding hydrogens is 636 g/mol. The highest BCUT2D eigenvalue weighted by atomic mass is 32.1. The van der Waals surface area contributed by atoms with Gasteiger partial charge in [-0.25, -0.2) is 13.8 Å². The van der Waals surface area contributed by atoms with E-state index in [4.69, 9.17) is 19.6 Å². The maximum atomic E-state index is 16.1. The van der Waals surface area contributed by atoms with Crippen LogP contribution in [0.25, 0.3) is 43.9 Å². The predicted octanol–water partition coefficient (Wildman–Crippen LogP) is 6.02. The summed E-state index contributed by atoms with van der Waals surface area (Å²) >= 11 is 1.41. The number of nitrogens with zero attached hydrogens (tertiary/aromatic N) is 5. The third-order valence-corrected chi connectivity index (χ3v) is 10.1. The van der Waals surface area contributed by atoms with Crippen molar-refractivity contribution in [1.82, 2.24) is 24.6 Å². The van der Waals surface area contributed by atoms with Crippen molar-refractivity contribution in [3.8, 4) is 39.5 Å². The lowest BCUT2D eigenvalue weighted by Crippen LogP contribution is -2.57. The molecule has 0 unspecified atom stereocenters. The summed E-state index contributed by atoms with van der Waals surface area (Å²) in [4.78, 5) is 21.6. The maximum Gasteiger partial charge on any atom is 0.246 e. The lowest BCUT2D eigenvalue weighted by molar-refractivity contribution is -0.129. The van der Waals surface area contributed by atoms with E-state index in [1.165, 1.54) is 30.6 Å². The molecule has 9 nitrogen and oxygen atoms in total. The van der Waals surface area contributed by atoms with Gasteiger partial charge in [0.2, 0.25) is 5.91 Å². The Labute approximate surface area is 280 Å². The second-order valence-electron chi connectivity index (χ2n) is 12.3. The zero-order valence-corrected chi connectivity index (χ0v) is 27.7. The molecule has 1 atom stereocenters. The maximum absolute atomic E-state index is 16.1. The minimum absolute atomic E-state index is 0.0261. The Morgan fingerprint density at radius 3 is 2.58 bits per heavy atom. The Bertz CT molecular complexity index is 2040. The number of halogens is 2. The van der Waals surface area contributed by atoms with E-state index in [1.54, 1.807) is 4.90 Å². The number of aliphatic hydroxyl groups is 1. The fraction of sp³-hybridized carbons (Fsp3) is 0.306. The molecule has 0 aliphatic carbocycles. The molecule has 2 aliphatic heterocycles. The van der Waals surface area contributed by atoms with Crippen LogP contribution in [0.3, 0.4) is 0 Å². The van der Waals surface area contributed by atoms with Crippen molar-refractivity contribution < 1.29 is 28.2 Å². The van der Waals surface area contributed by atoms with Crippen molar-refractivity contribution >= 4 is 27.3 Å². The number of likely N-dealkylation sites (N-methyl/N-ethyl adjacent to an activating group) is 1. The minimum Gasteiger partial charge on any atom is -0.490 e. The van der Waals surface area contributed by atoms with Crippen molar-refractivity contribution in [2.24, 2.45) is 0 Å². The van der Waals surface area contributed by atoms with Crippen molar-refractivity contribution in [2.45, 2.75) is 25.1 Å². The van der Waals surface area contributed by atoms with E-state index in [0.717, 1.165) is 33.0 Å². The van der Waals surface area contributed by atoms with Crippen LogP contribution in [0.15, 0.2) is 66.6 Å². The number of hydrogen-bond acceptors (Lipinski definition) is 8. The molecule has 1 amide bonds. The molecule has 7 rings (SSSR count). The van der Waals surface area contributed by atoms with Gasteiger partial charge in [-0.2, -0.15) is 5.10 Å². The first-order valence-electron chi connectivity index (χ1n) is 15.7. The van der Waals surface area contributed by atoms with Gasteiger partial charge in [0, 0.05) is 60.1 Å². The van der Waals surface area contributed by atoms with Gasteiger partial charge >= 0.3 is 0 Å². The third-order valence-electron chi connectivity index (χ3n) is 9.14. The van der Waals surface area contributed by atoms with Gasteiger partial charge in [-0.05, 0) is 43.1 Å². The second-order valence-corrected chi connectivity index (χ2v) is 13.2. The number of β-amino-alcohol motifs (C(OH)–C–C–N with tert-alkyl or cyclic N) is 1. The van der Waals surface area contributed by atoms with Gasteiger partial charge in [0.15, 0.2) is 0 Å². The monoisotopic (exact) mass is 671 g/mol. The van der Waals surface area contributed by atoms with Gasteiger partial charge in [0.1, 0.15) is 41.0 Å². The van der Waals surface area contributed by atoms with Crippen LogP contribution in [0.4, 0.5) is 8.78 Å². The minimum atomic E-state index is -0.903. The second kappa shape index (κ2) is 12.5. The number of likely N-dealkylation sites (tertiary alicyclic amines) is 1. The van der Waals surface area contributed by atoms with Crippen LogP contribution in [0, 0.1) is 11.6 Å². The number of methoxy groups -OCH3 is 1. The van der Waals surface area contributed by atoms with Crippen molar-refractivity contribution in [3.05, 3.63) is 89.5 Å². The van der Waals surface area contributed by atoms with Gasteiger partial charge in [0.25, 0.3) is 0 Å². The van der Waals surface area contributed by atoms with E-state index in [1.807, 2.05) is 60.4 Å². The number of pyridine rings is 1. The number of ether oxygens (including phenoxy) is 2. The van der Waals surface area contributed by atoms with Gasteiger partial charge in [-0.1, -0.05) is 30.8 Å². The highest BCUT2D eigenvalue weighted by molar-refractivity contribution is 7.18. The van der Waals surface area contributed by atoms with Crippen LogP contribution >= 0.6 is 11.3 Å². The topological polar surface area (TPSA) is 93.0 Å². The molecule has 1 N–H and O–H groups in total. The first-order valence-corrected chi connectivity index (χ1v) is 16.5. The van der Waals surface area contributed by atoms with Crippen LogP contribution in [0.5, 0.6) is 5.75 Å². The number of amides is 1. The van der Waals surface area contributed by atoms with Gasteiger partial charge < -0.3 is 19.5 Å². The summed E-state index contributed by atoms with van der Waals surface area (Å²) in [6, 6.07) is 13.2. The summed E-state index contributed by atoms with van der Waals surface area (Å²) in [7, 11) is 3.49. The zero-order valence-electron chi connectivity index (χ0n) is 26.9. The number of carbonyl (C=O) groups is 1. The molecule has 12 heteroatoms. The Morgan fingerprint density at radius 2 is 1.88 bits per heavy atom. The number of thiophene rings is 1. The first kappa shape index (κ1) is 32.1. The van der Waals surface area contributed by atoms with Gasteiger partial charge in [0.05, 0.1) is 36.1 Å². The highest BCUT2D eigenvalue weighted by Crippen LogP contribution is 2.47. The molecule has 5 heterocycles. The summed E-state index contributed by atoms with van der Waals surface area (Å²) in [5.41, 5.74) is 3.55. The lowest BCUT2D eigenvalue weighted by Gasteiger charge is -2.44. The van der Waals surface area contributed by atoms with Gasteiger partial charge in [-0.3, -0.25) is 14.4 Å². The number of aromatic nitrogens is 3. The first-order chi connectivity index (χ1) is 23.1. The molecule has 5 aromatic rings. The van der Waals surface area contributed by atoms with E-state index in [0.29, 0.717) is 48.8 Å². The van der Waals surface area contributed by atoms with Crippen molar-refractivity contribution in [3.63, 3.8) is 0 Å². The molecule has 0 radical (unpaired) electrons. The Kier molecular flexibility index (Phi) is 8.36. The molecule has 1 saturated heterocycles. The smallest absolute Gasteiger partial charge is 0.246 e. The van der Waals surface area contributed by atoms with E-state index in [9.17, 15) is 14.3 Å². The van der Waals surface area contributed by atoms with E-state index in [2.05, 4.69) is 11.5 Å². The van der Waals surface area contributed by atoms with Gasteiger partial charge in [-0.15, -0.1) is 11.3 Å². The molecule has 3 aromatic heterocycles. The Hall–Kier alpha value is -4.49. The molecule has 48 heavy (non-hydrogen) atoms. The van der Waals surface area contributed by atoms with E-state index < -0.39 is 17.2 Å². The lowest BCUT2D eigenvalue weighted by atomic mass is 9.86. The number of carbonyl (C=O) groups excluding carboxylic acids is 1. The predicted molar refractivity (Wildman–Crippen MR) is 181 cm³/mol. The molecule has 2 aliphatic rings. The summed E-state index contributed by atoms with van der Waals surface area (Å²) < 4.78 is 44.3. The molecule has 1 fully saturated rings. The zero-order chi connectivity index (χ0) is 33.7. The molecule has 0 saturated carbocycles. The van der Waals surface area contributed by atoms with Crippen molar-refractivity contribution in [2.75, 3.05) is 47.0 Å².